The highest BCUT2D eigenvalue weighted by atomic mass is 16.6. The van der Waals surface area contributed by atoms with Crippen molar-refractivity contribution in [1.29, 1.82) is 0 Å². The number of esters is 2. The third kappa shape index (κ3) is 6.41. The van der Waals surface area contributed by atoms with Gasteiger partial charge in [-0.3, -0.25) is 19.4 Å². The highest BCUT2D eigenvalue weighted by Gasteiger charge is 2.51. The molecule has 2 unspecified atom stereocenters. The van der Waals surface area contributed by atoms with Crippen molar-refractivity contribution in [2.75, 3.05) is 45.8 Å². The van der Waals surface area contributed by atoms with Gasteiger partial charge in [0.05, 0.1) is 24.2 Å². The van der Waals surface area contributed by atoms with Crippen molar-refractivity contribution in [1.82, 2.24) is 24.7 Å². The summed E-state index contributed by atoms with van der Waals surface area (Å²) in [6.07, 6.45) is 9.22. The minimum absolute atomic E-state index is 0. The Bertz CT molecular complexity index is 2000. The third-order valence-electron chi connectivity index (χ3n) is 11.5. The van der Waals surface area contributed by atoms with Crippen molar-refractivity contribution in [3.8, 4) is 0 Å². The topological polar surface area (TPSA) is 183 Å². The van der Waals surface area contributed by atoms with Crippen LogP contribution in [-0.4, -0.2) is 106 Å². The number of carbonyl (C=O) groups is 4. The molecule has 51 heavy (non-hydrogen) atoms. The minimum Gasteiger partial charge on any atom is -0.452 e. The Kier molecular flexibility index (Phi) is 9.21. The first kappa shape index (κ1) is 34.5. The number of aromatic amines is 1. The van der Waals surface area contributed by atoms with E-state index in [0.29, 0.717) is 30.8 Å². The smallest absolute Gasteiger partial charge is 0.331 e. The van der Waals surface area contributed by atoms with Crippen LogP contribution in [0.2, 0.25) is 0 Å². The van der Waals surface area contributed by atoms with Crippen LogP contribution in [-0.2, 0) is 25.6 Å². The fourth-order valence-corrected chi connectivity index (χ4v) is 8.98. The van der Waals surface area contributed by atoms with Crippen LogP contribution in [0.15, 0.2) is 73.1 Å². The molecule has 8 heterocycles. The number of fused-ring (bicyclic) bond motifs is 8. The van der Waals surface area contributed by atoms with Crippen LogP contribution in [0, 0.1) is 11.8 Å². The maximum Gasteiger partial charge on any atom is 0.331 e. The Labute approximate surface area is 295 Å². The highest BCUT2D eigenvalue weighted by Crippen LogP contribution is 2.41. The number of carbonyl (C=O) groups excluding carboxylic acids is 4. The highest BCUT2D eigenvalue weighted by molar-refractivity contribution is 6.07. The zero-order chi connectivity index (χ0) is 34.5. The van der Waals surface area contributed by atoms with Gasteiger partial charge < -0.3 is 35.6 Å². The molecule has 0 aliphatic carbocycles. The summed E-state index contributed by atoms with van der Waals surface area (Å²) in [6.45, 7) is 5.27. The second kappa shape index (κ2) is 13.6. The first-order valence-electron chi connectivity index (χ1n) is 17.5. The van der Waals surface area contributed by atoms with E-state index < -0.39 is 29.0 Å². The number of ether oxygens (including phenoxy) is 2. The average molecular weight is 697 g/mol. The molecule has 4 bridgehead atoms. The van der Waals surface area contributed by atoms with Gasteiger partial charge in [-0.15, -0.1) is 0 Å². The Morgan fingerprint density at radius 1 is 0.804 bits per heavy atom. The van der Waals surface area contributed by atoms with Crippen LogP contribution in [0.4, 0.5) is 0 Å². The number of hydrogen-bond donors (Lipinski definition) is 3. The number of rotatable bonds is 10. The molecule has 268 valence electrons. The maximum atomic E-state index is 13.5. The summed E-state index contributed by atoms with van der Waals surface area (Å²) in [5, 5.41) is 4.63. The summed E-state index contributed by atoms with van der Waals surface area (Å²) >= 11 is 0. The average Bonchev–Trinajstić information content (AvgIpc) is 3.73. The van der Waals surface area contributed by atoms with Crippen LogP contribution >= 0.6 is 0 Å². The first-order chi connectivity index (χ1) is 24.2. The van der Waals surface area contributed by atoms with E-state index in [4.69, 9.17) is 15.2 Å². The van der Waals surface area contributed by atoms with Crippen LogP contribution in [0.5, 0.6) is 0 Å². The van der Waals surface area contributed by atoms with Gasteiger partial charge in [0, 0.05) is 71.3 Å². The molecule has 2 aromatic carbocycles. The van der Waals surface area contributed by atoms with E-state index in [0.717, 1.165) is 85.8 Å². The van der Waals surface area contributed by atoms with Crippen molar-refractivity contribution < 1.29 is 34.1 Å². The molecular weight excluding hydrogens is 652 g/mol. The fourth-order valence-electron chi connectivity index (χ4n) is 8.98. The molecule has 6 saturated heterocycles. The molecule has 0 radical (unpaired) electrons. The molecular formula is C38H44N6O7. The number of nitrogens with two attached hydrogens (primary N) is 1. The molecule has 0 saturated carbocycles. The lowest BCUT2D eigenvalue weighted by molar-refractivity contribution is -0.182. The van der Waals surface area contributed by atoms with Gasteiger partial charge in [-0.25, -0.2) is 9.59 Å². The second-order valence-corrected chi connectivity index (χ2v) is 14.4. The lowest BCUT2D eigenvalue weighted by Gasteiger charge is -2.52. The number of H-pyrrole nitrogens is 1. The SMILES string of the molecule is NC(=O)c1cn(CC2(OC(=O)/C=C/C(=O)OC3(CNC(=O)c4c[nH]c5ccccc45)CN4CCC3CC4)CN3CCC2CC3)c2ccccc12.O. The minimum atomic E-state index is -0.922. The van der Waals surface area contributed by atoms with E-state index in [1.807, 2.05) is 53.1 Å². The van der Waals surface area contributed by atoms with Crippen LogP contribution in [0.3, 0.4) is 0 Å². The number of nitrogens with zero attached hydrogens (tertiary/aromatic N) is 3. The van der Waals surface area contributed by atoms with Crippen molar-refractivity contribution in [3.05, 3.63) is 84.2 Å². The number of hydrogen-bond acceptors (Lipinski definition) is 8. The van der Waals surface area contributed by atoms with E-state index >= 15 is 0 Å². The maximum absolute atomic E-state index is 13.5. The standard InChI is InChI=1S/C38H42N6O6.H2O/c39-35(47)30-20-44(32-8-4-2-6-28(30)32)24-38(23-43-17-13-26(38)14-18-43)50-34(46)10-9-33(45)49-37(22-42-15-11-25(37)12-16-42)21-41-36(48)29-19-40-31-7-3-1-5-27(29)31;/h1-10,19-20,25-26,40H,11-18,21-24H2,(H2,39,47)(H,41,48);1H2/b10-9+;. The van der Waals surface area contributed by atoms with Crippen molar-refractivity contribution >= 4 is 45.6 Å². The quantitative estimate of drug-likeness (QED) is 0.167. The molecule has 4 aromatic rings. The van der Waals surface area contributed by atoms with Crippen LogP contribution in [0.25, 0.3) is 21.8 Å². The molecule has 0 spiro atoms. The third-order valence-corrected chi connectivity index (χ3v) is 11.5. The summed E-state index contributed by atoms with van der Waals surface area (Å²) in [5.41, 5.74) is 6.60. The molecule has 2 aromatic heterocycles. The molecule has 6 aliphatic heterocycles. The van der Waals surface area contributed by atoms with Gasteiger partial charge in [-0.05, 0) is 64.0 Å². The molecule has 13 nitrogen and oxygen atoms in total. The largest absolute Gasteiger partial charge is 0.452 e. The number of nitrogens with one attached hydrogen (secondary N) is 2. The summed E-state index contributed by atoms with van der Waals surface area (Å²) < 4.78 is 14.5. The summed E-state index contributed by atoms with van der Waals surface area (Å²) in [7, 11) is 0. The Morgan fingerprint density at radius 2 is 1.37 bits per heavy atom. The zero-order valence-electron chi connectivity index (χ0n) is 28.4. The molecule has 2 atom stereocenters. The molecule has 6 fully saturated rings. The number of aromatic nitrogens is 2. The predicted octanol–water partition coefficient (Wildman–Crippen LogP) is 2.40. The lowest BCUT2D eigenvalue weighted by Crippen LogP contribution is -2.65. The number of primary amides is 1. The summed E-state index contributed by atoms with van der Waals surface area (Å²) in [6, 6.07) is 15.2. The van der Waals surface area contributed by atoms with Crippen molar-refractivity contribution in [2.24, 2.45) is 17.6 Å². The number of piperidine rings is 6. The molecule has 2 amide bonds. The van der Waals surface area contributed by atoms with E-state index in [1.165, 1.54) is 0 Å². The molecule has 13 heteroatoms. The van der Waals surface area contributed by atoms with Gasteiger partial charge in [0.15, 0.2) is 0 Å². The van der Waals surface area contributed by atoms with E-state index in [2.05, 4.69) is 20.1 Å². The van der Waals surface area contributed by atoms with Gasteiger partial charge in [0.2, 0.25) is 0 Å². The van der Waals surface area contributed by atoms with Gasteiger partial charge in [-0.1, -0.05) is 36.4 Å². The first-order valence-corrected chi connectivity index (χ1v) is 17.5. The normalized spacial score (nSPS) is 28.1. The van der Waals surface area contributed by atoms with Crippen LogP contribution < -0.4 is 11.1 Å². The van der Waals surface area contributed by atoms with Crippen LogP contribution in [0.1, 0.15) is 46.4 Å². The summed E-state index contributed by atoms with van der Waals surface area (Å²) in [5.74, 6) is -1.84. The van der Waals surface area contributed by atoms with E-state index in [9.17, 15) is 19.2 Å². The van der Waals surface area contributed by atoms with E-state index in [-0.39, 0.29) is 29.8 Å². The van der Waals surface area contributed by atoms with E-state index in [1.54, 1.807) is 12.4 Å². The van der Waals surface area contributed by atoms with Gasteiger partial charge in [0.25, 0.3) is 11.8 Å². The second-order valence-electron chi connectivity index (χ2n) is 14.4. The Balaban J connectivity index is 0.00000406. The van der Waals surface area contributed by atoms with Gasteiger partial charge >= 0.3 is 11.9 Å². The Morgan fingerprint density at radius 3 is 1.98 bits per heavy atom. The van der Waals surface area contributed by atoms with Gasteiger partial charge in [0.1, 0.15) is 11.2 Å². The molecule has 6 N–H and O–H groups in total. The number of para-hydroxylation sites is 2. The monoisotopic (exact) mass is 696 g/mol. The van der Waals surface area contributed by atoms with Crippen molar-refractivity contribution in [3.63, 3.8) is 0 Å². The molecule has 10 rings (SSSR count). The number of benzene rings is 2. The predicted molar refractivity (Wildman–Crippen MR) is 190 cm³/mol. The fraction of sp³-hybridized carbons (Fsp3) is 0.421. The molecule has 6 aliphatic rings. The number of amides is 2. The Hall–Kier alpha value is -4.98. The van der Waals surface area contributed by atoms with Crippen molar-refractivity contribution in [2.45, 2.75) is 43.4 Å². The summed E-state index contributed by atoms with van der Waals surface area (Å²) in [4.78, 5) is 60.3. The zero-order valence-corrected chi connectivity index (χ0v) is 28.4. The lowest BCUT2D eigenvalue weighted by atomic mass is 9.75. The van der Waals surface area contributed by atoms with Gasteiger partial charge in [-0.2, -0.15) is 0 Å².